The van der Waals surface area contributed by atoms with E-state index in [1.54, 1.807) is 12.0 Å². The molecule has 0 aliphatic rings. The molecular formula is C13H20ClN3O2. The maximum absolute atomic E-state index is 12.4. The van der Waals surface area contributed by atoms with Gasteiger partial charge in [0.25, 0.3) is 5.91 Å². The zero-order valence-electron chi connectivity index (χ0n) is 11.5. The predicted molar refractivity (Wildman–Crippen MR) is 76.3 cm³/mol. The Hall–Kier alpha value is -1.33. The van der Waals surface area contributed by atoms with Crippen LogP contribution in [0.2, 0.25) is 5.15 Å². The highest BCUT2D eigenvalue weighted by Gasteiger charge is 2.17. The van der Waals surface area contributed by atoms with Gasteiger partial charge in [-0.25, -0.2) is 4.98 Å². The Morgan fingerprint density at radius 3 is 2.74 bits per heavy atom. The molecule has 0 aliphatic heterocycles. The highest BCUT2D eigenvalue weighted by atomic mass is 35.5. The van der Waals surface area contributed by atoms with Gasteiger partial charge >= 0.3 is 0 Å². The summed E-state index contributed by atoms with van der Waals surface area (Å²) in [6, 6.07) is 3.06. The lowest BCUT2D eigenvalue weighted by atomic mass is 10.1. The number of nitrogen functional groups attached to an aromatic ring is 1. The number of hydrogen-bond acceptors (Lipinski definition) is 4. The molecule has 0 bridgehead atoms. The Balaban J connectivity index is 2.90. The summed E-state index contributed by atoms with van der Waals surface area (Å²) >= 11 is 5.82. The highest BCUT2D eigenvalue weighted by molar-refractivity contribution is 6.29. The fourth-order valence-electron chi connectivity index (χ4n) is 1.74. The van der Waals surface area contributed by atoms with Crippen LogP contribution in [0.25, 0.3) is 0 Å². The van der Waals surface area contributed by atoms with Gasteiger partial charge in [0, 0.05) is 25.8 Å². The quantitative estimate of drug-likeness (QED) is 0.813. The van der Waals surface area contributed by atoms with Crippen molar-refractivity contribution in [1.82, 2.24) is 9.88 Å². The van der Waals surface area contributed by atoms with E-state index in [-0.39, 0.29) is 16.9 Å². The van der Waals surface area contributed by atoms with Crippen LogP contribution >= 0.6 is 11.6 Å². The van der Waals surface area contributed by atoms with E-state index in [2.05, 4.69) is 18.8 Å². The molecule has 6 heteroatoms. The molecular weight excluding hydrogens is 266 g/mol. The smallest absolute Gasteiger partial charge is 0.254 e. The number of methoxy groups -OCH3 is 1. The Kier molecular flexibility index (Phi) is 6.05. The molecule has 106 valence electrons. The average Bonchev–Trinajstić information content (AvgIpc) is 2.32. The van der Waals surface area contributed by atoms with Crippen molar-refractivity contribution in [3.8, 4) is 0 Å². The summed E-state index contributed by atoms with van der Waals surface area (Å²) in [5.41, 5.74) is 6.06. The van der Waals surface area contributed by atoms with Gasteiger partial charge in [-0.2, -0.15) is 0 Å². The zero-order valence-corrected chi connectivity index (χ0v) is 12.3. The predicted octanol–water partition coefficient (Wildman–Crippen LogP) is 2.06. The monoisotopic (exact) mass is 285 g/mol. The normalized spacial score (nSPS) is 10.8. The minimum Gasteiger partial charge on any atom is -0.384 e. The molecule has 0 saturated carbocycles. The van der Waals surface area contributed by atoms with Crippen LogP contribution in [0.5, 0.6) is 0 Å². The Labute approximate surface area is 118 Å². The van der Waals surface area contributed by atoms with Crippen LogP contribution in [0.1, 0.15) is 24.2 Å². The lowest BCUT2D eigenvalue weighted by Crippen LogP contribution is -2.36. The lowest BCUT2D eigenvalue weighted by Gasteiger charge is -2.24. The molecule has 1 aromatic rings. The van der Waals surface area contributed by atoms with E-state index in [0.29, 0.717) is 31.2 Å². The van der Waals surface area contributed by atoms with Crippen LogP contribution in [0.15, 0.2) is 12.1 Å². The number of hydrogen-bond donors (Lipinski definition) is 1. The Morgan fingerprint density at radius 2 is 2.21 bits per heavy atom. The van der Waals surface area contributed by atoms with Crippen LogP contribution in [-0.4, -0.2) is 42.6 Å². The number of amides is 1. The zero-order chi connectivity index (χ0) is 14.4. The molecule has 0 atom stereocenters. The van der Waals surface area contributed by atoms with Crippen LogP contribution in [0.4, 0.5) is 5.82 Å². The third-order valence-corrected chi connectivity index (χ3v) is 2.69. The fraction of sp³-hybridized carbons (Fsp3) is 0.538. The fourth-order valence-corrected chi connectivity index (χ4v) is 1.96. The summed E-state index contributed by atoms with van der Waals surface area (Å²) in [6.07, 6.45) is 0. The van der Waals surface area contributed by atoms with Crippen LogP contribution in [-0.2, 0) is 4.74 Å². The number of carbonyl (C=O) groups excluding carboxylic acids is 1. The number of pyridine rings is 1. The summed E-state index contributed by atoms with van der Waals surface area (Å²) in [6.45, 7) is 5.80. The van der Waals surface area contributed by atoms with Crippen molar-refractivity contribution < 1.29 is 9.53 Å². The number of anilines is 1. The van der Waals surface area contributed by atoms with E-state index < -0.39 is 0 Å². The van der Waals surface area contributed by atoms with E-state index >= 15 is 0 Å². The van der Waals surface area contributed by atoms with Gasteiger partial charge in [0.2, 0.25) is 0 Å². The molecule has 1 heterocycles. The number of carbonyl (C=O) groups is 1. The number of rotatable bonds is 6. The number of nitrogens with zero attached hydrogens (tertiary/aromatic N) is 2. The topological polar surface area (TPSA) is 68.5 Å². The lowest BCUT2D eigenvalue weighted by molar-refractivity contribution is 0.0672. The SMILES string of the molecule is COCCN(CC(C)C)C(=O)c1cc(N)nc(Cl)c1. The minimum atomic E-state index is -0.109. The first-order valence-corrected chi connectivity index (χ1v) is 6.53. The maximum Gasteiger partial charge on any atom is 0.254 e. The van der Waals surface area contributed by atoms with Crippen molar-refractivity contribution in [3.05, 3.63) is 22.8 Å². The van der Waals surface area contributed by atoms with Crippen molar-refractivity contribution in [2.24, 2.45) is 5.92 Å². The van der Waals surface area contributed by atoms with E-state index in [1.807, 2.05) is 0 Å². The van der Waals surface area contributed by atoms with E-state index in [0.717, 1.165) is 0 Å². The second-order valence-electron chi connectivity index (χ2n) is 4.74. The first-order valence-electron chi connectivity index (χ1n) is 6.15. The second kappa shape index (κ2) is 7.31. The van der Waals surface area contributed by atoms with Crippen molar-refractivity contribution >= 4 is 23.3 Å². The van der Waals surface area contributed by atoms with Gasteiger partial charge < -0.3 is 15.4 Å². The van der Waals surface area contributed by atoms with Crippen molar-refractivity contribution in [2.45, 2.75) is 13.8 Å². The molecule has 0 fully saturated rings. The first kappa shape index (κ1) is 15.7. The summed E-state index contributed by atoms with van der Waals surface area (Å²) < 4.78 is 5.03. The van der Waals surface area contributed by atoms with Crippen molar-refractivity contribution in [3.63, 3.8) is 0 Å². The molecule has 1 rings (SSSR count). The number of ether oxygens (including phenoxy) is 1. The third-order valence-electron chi connectivity index (χ3n) is 2.50. The summed E-state index contributed by atoms with van der Waals surface area (Å²) in [5.74, 6) is 0.504. The molecule has 1 amide bonds. The average molecular weight is 286 g/mol. The minimum absolute atomic E-state index is 0.109. The molecule has 0 spiro atoms. The standard InChI is InChI=1S/C13H20ClN3O2/c1-9(2)8-17(4-5-19-3)13(18)10-6-11(14)16-12(15)7-10/h6-7,9H,4-5,8H2,1-3H3,(H2,15,16). The molecule has 0 saturated heterocycles. The van der Waals surface area contributed by atoms with Gasteiger partial charge in [0.05, 0.1) is 6.61 Å². The van der Waals surface area contributed by atoms with Gasteiger partial charge in [-0.1, -0.05) is 25.4 Å². The molecule has 0 aliphatic carbocycles. The molecule has 5 nitrogen and oxygen atoms in total. The molecule has 2 N–H and O–H groups in total. The second-order valence-corrected chi connectivity index (χ2v) is 5.13. The molecule has 19 heavy (non-hydrogen) atoms. The van der Waals surface area contributed by atoms with Crippen molar-refractivity contribution in [2.75, 3.05) is 32.5 Å². The van der Waals surface area contributed by atoms with E-state index in [1.165, 1.54) is 12.1 Å². The highest BCUT2D eigenvalue weighted by Crippen LogP contribution is 2.15. The summed E-state index contributed by atoms with van der Waals surface area (Å²) in [4.78, 5) is 18.0. The maximum atomic E-state index is 12.4. The number of nitrogens with two attached hydrogens (primary N) is 1. The molecule has 1 aromatic heterocycles. The third kappa shape index (κ3) is 5.04. The van der Waals surface area contributed by atoms with Gasteiger partial charge in [0.15, 0.2) is 0 Å². The molecule has 0 unspecified atom stereocenters. The molecule has 0 radical (unpaired) electrons. The van der Waals surface area contributed by atoms with Gasteiger partial charge in [-0.3, -0.25) is 4.79 Å². The van der Waals surface area contributed by atoms with Gasteiger partial charge in [-0.15, -0.1) is 0 Å². The van der Waals surface area contributed by atoms with Crippen molar-refractivity contribution in [1.29, 1.82) is 0 Å². The first-order chi connectivity index (χ1) is 8.93. The van der Waals surface area contributed by atoms with Gasteiger partial charge in [-0.05, 0) is 18.1 Å². The largest absolute Gasteiger partial charge is 0.384 e. The number of aromatic nitrogens is 1. The van der Waals surface area contributed by atoms with Crippen LogP contribution < -0.4 is 5.73 Å². The van der Waals surface area contributed by atoms with E-state index in [9.17, 15) is 4.79 Å². The van der Waals surface area contributed by atoms with E-state index in [4.69, 9.17) is 22.1 Å². The Morgan fingerprint density at radius 1 is 1.53 bits per heavy atom. The van der Waals surface area contributed by atoms with Crippen LogP contribution in [0.3, 0.4) is 0 Å². The van der Waals surface area contributed by atoms with Crippen LogP contribution in [0, 0.1) is 5.92 Å². The Bertz CT molecular complexity index is 418. The summed E-state index contributed by atoms with van der Waals surface area (Å²) in [5, 5.41) is 0.222. The summed E-state index contributed by atoms with van der Waals surface area (Å²) in [7, 11) is 1.61. The number of halogens is 1. The van der Waals surface area contributed by atoms with Gasteiger partial charge in [0.1, 0.15) is 11.0 Å². The molecule has 0 aromatic carbocycles.